The zero-order valence-corrected chi connectivity index (χ0v) is 7.22. The van der Waals surface area contributed by atoms with Gasteiger partial charge in [0.2, 0.25) is 11.9 Å². The molecule has 76 valence electrons. The summed E-state index contributed by atoms with van der Waals surface area (Å²) in [7, 11) is 0. The van der Waals surface area contributed by atoms with Crippen molar-refractivity contribution in [2.45, 2.75) is 13.3 Å². The van der Waals surface area contributed by atoms with Crippen molar-refractivity contribution in [3.63, 3.8) is 0 Å². The van der Waals surface area contributed by atoms with Gasteiger partial charge in [-0.25, -0.2) is 13.8 Å². The molecule has 0 aliphatic carbocycles. The molecule has 1 heterocycles. The van der Waals surface area contributed by atoms with Gasteiger partial charge in [0.25, 0.3) is 6.43 Å². The summed E-state index contributed by atoms with van der Waals surface area (Å²) in [5.74, 6) is -2.09. The van der Waals surface area contributed by atoms with Gasteiger partial charge in [0.05, 0.1) is 0 Å². The molecule has 1 aromatic rings. The van der Waals surface area contributed by atoms with E-state index in [0.29, 0.717) is 0 Å². The molecule has 0 spiro atoms. The van der Waals surface area contributed by atoms with Crippen molar-refractivity contribution >= 4 is 5.91 Å². The van der Waals surface area contributed by atoms with E-state index in [1.807, 2.05) is 0 Å². The average molecular weight is 204 g/mol. The number of primary amides is 1. The van der Waals surface area contributed by atoms with Crippen LogP contribution < -0.4 is 5.73 Å². The maximum Gasteiger partial charge on any atom is 0.280 e. The predicted molar refractivity (Wildman–Crippen MR) is 42.4 cm³/mol. The zero-order chi connectivity index (χ0) is 10.9. The van der Waals surface area contributed by atoms with Crippen LogP contribution in [0.15, 0.2) is 6.07 Å². The number of pyridine rings is 1. The molecule has 0 aromatic carbocycles. The molecule has 0 saturated heterocycles. The Balaban J connectivity index is 3.40. The van der Waals surface area contributed by atoms with Crippen LogP contribution in [-0.2, 0) is 0 Å². The first-order valence-corrected chi connectivity index (χ1v) is 3.68. The third-order valence-electron chi connectivity index (χ3n) is 1.75. The molecule has 2 N–H and O–H groups in total. The number of aromatic nitrogens is 1. The minimum atomic E-state index is -2.93. The van der Waals surface area contributed by atoms with E-state index in [1.54, 1.807) is 0 Å². The molecule has 0 unspecified atom stereocenters. The number of carbonyl (C=O) groups excluding carboxylic acids is 1. The summed E-state index contributed by atoms with van der Waals surface area (Å²) in [4.78, 5) is 13.7. The number of hydrogen-bond donors (Lipinski definition) is 1. The van der Waals surface area contributed by atoms with Crippen LogP contribution in [0.3, 0.4) is 0 Å². The van der Waals surface area contributed by atoms with Gasteiger partial charge in [0.1, 0.15) is 5.69 Å². The highest BCUT2D eigenvalue weighted by molar-refractivity contribution is 5.94. The summed E-state index contributed by atoms with van der Waals surface area (Å²) in [5, 5.41) is 0. The monoisotopic (exact) mass is 204 g/mol. The first-order chi connectivity index (χ1) is 6.43. The summed E-state index contributed by atoms with van der Waals surface area (Å²) in [6.45, 7) is 1.24. The largest absolute Gasteiger partial charge is 0.366 e. The normalized spacial score (nSPS) is 10.6. The number of amides is 1. The van der Waals surface area contributed by atoms with Gasteiger partial charge in [0, 0.05) is 11.6 Å². The molecule has 3 nitrogen and oxygen atoms in total. The standard InChI is InChI=1S/C8H7F3N2O/c1-3-4(8(12)14)2-5(9)13-6(3)7(10)11/h2,7H,1H3,(H2,12,14). The van der Waals surface area contributed by atoms with Gasteiger partial charge in [-0.3, -0.25) is 4.79 Å². The topological polar surface area (TPSA) is 56.0 Å². The van der Waals surface area contributed by atoms with Gasteiger partial charge in [-0.05, 0) is 12.5 Å². The van der Waals surface area contributed by atoms with Crippen LogP contribution >= 0.6 is 0 Å². The van der Waals surface area contributed by atoms with Gasteiger partial charge < -0.3 is 5.73 Å². The van der Waals surface area contributed by atoms with Gasteiger partial charge in [0.15, 0.2) is 0 Å². The number of halogens is 3. The lowest BCUT2D eigenvalue weighted by molar-refractivity contribution is 0.0998. The van der Waals surface area contributed by atoms with Crippen molar-refractivity contribution in [2.24, 2.45) is 5.73 Å². The Bertz CT molecular complexity index is 379. The van der Waals surface area contributed by atoms with Crippen LogP contribution in [0.1, 0.15) is 28.0 Å². The quantitative estimate of drug-likeness (QED) is 0.743. The van der Waals surface area contributed by atoms with E-state index in [9.17, 15) is 18.0 Å². The molecule has 0 saturated carbocycles. The molecule has 0 radical (unpaired) electrons. The fraction of sp³-hybridized carbons (Fsp3) is 0.250. The van der Waals surface area contributed by atoms with Crippen molar-refractivity contribution in [1.29, 1.82) is 0 Å². The number of rotatable bonds is 2. The SMILES string of the molecule is Cc1c(C(N)=O)cc(F)nc1C(F)F. The second kappa shape index (κ2) is 3.65. The summed E-state index contributed by atoms with van der Waals surface area (Å²) in [6, 6.07) is 0.740. The number of hydrogen-bond acceptors (Lipinski definition) is 2. The molecule has 1 rings (SSSR count). The Morgan fingerprint density at radius 1 is 1.57 bits per heavy atom. The number of nitrogens with zero attached hydrogens (tertiary/aromatic N) is 1. The van der Waals surface area contributed by atoms with Crippen molar-refractivity contribution < 1.29 is 18.0 Å². The minimum Gasteiger partial charge on any atom is -0.366 e. The number of alkyl halides is 2. The van der Waals surface area contributed by atoms with E-state index in [2.05, 4.69) is 4.98 Å². The summed E-state index contributed by atoms with van der Waals surface area (Å²) >= 11 is 0. The van der Waals surface area contributed by atoms with Crippen LogP contribution in [0.5, 0.6) is 0 Å². The van der Waals surface area contributed by atoms with Gasteiger partial charge in [-0.1, -0.05) is 0 Å². The number of nitrogens with two attached hydrogens (primary N) is 1. The van der Waals surface area contributed by atoms with Crippen molar-refractivity contribution in [3.05, 3.63) is 28.8 Å². The molecule has 0 bridgehead atoms. The van der Waals surface area contributed by atoms with Crippen LogP contribution in [0.4, 0.5) is 13.2 Å². The molecule has 0 atom stereocenters. The lowest BCUT2D eigenvalue weighted by Gasteiger charge is -2.07. The van der Waals surface area contributed by atoms with Crippen LogP contribution in [0.2, 0.25) is 0 Å². The van der Waals surface area contributed by atoms with E-state index in [1.165, 1.54) is 6.92 Å². The van der Waals surface area contributed by atoms with Crippen molar-refractivity contribution in [1.82, 2.24) is 4.98 Å². The third-order valence-corrected chi connectivity index (χ3v) is 1.75. The van der Waals surface area contributed by atoms with E-state index in [4.69, 9.17) is 5.73 Å². The highest BCUT2D eigenvalue weighted by atomic mass is 19.3. The Morgan fingerprint density at radius 2 is 2.14 bits per heavy atom. The Kier molecular flexibility index (Phi) is 2.73. The Labute approximate surface area is 77.7 Å². The molecular formula is C8H7F3N2O. The lowest BCUT2D eigenvalue weighted by Crippen LogP contribution is -2.15. The Morgan fingerprint density at radius 3 is 2.57 bits per heavy atom. The van der Waals surface area contributed by atoms with Crippen molar-refractivity contribution in [2.75, 3.05) is 0 Å². The van der Waals surface area contributed by atoms with Crippen LogP contribution in [0.25, 0.3) is 0 Å². The third kappa shape index (κ3) is 1.84. The maximum absolute atomic E-state index is 12.7. The van der Waals surface area contributed by atoms with Crippen LogP contribution in [-0.4, -0.2) is 10.9 Å². The molecule has 14 heavy (non-hydrogen) atoms. The van der Waals surface area contributed by atoms with E-state index in [-0.39, 0.29) is 11.1 Å². The minimum absolute atomic E-state index is 0.0890. The Hall–Kier alpha value is -1.59. The molecule has 0 aliphatic rings. The van der Waals surface area contributed by atoms with E-state index in [0.717, 1.165) is 6.07 Å². The van der Waals surface area contributed by atoms with Gasteiger partial charge >= 0.3 is 0 Å². The second-order valence-electron chi connectivity index (χ2n) is 2.67. The summed E-state index contributed by atoms with van der Waals surface area (Å²) in [6.07, 6.45) is -2.93. The molecule has 1 amide bonds. The van der Waals surface area contributed by atoms with Gasteiger partial charge in [-0.15, -0.1) is 0 Å². The average Bonchev–Trinajstić information content (AvgIpc) is 2.07. The summed E-state index contributed by atoms with van der Waals surface area (Å²) < 4.78 is 37.2. The predicted octanol–water partition coefficient (Wildman–Crippen LogP) is 1.57. The highest BCUT2D eigenvalue weighted by Crippen LogP contribution is 2.23. The molecule has 6 heteroatoms. The first-order valence-electron chi connectivity index (χ1n) is 3.68. The van der Waals surface area contributed by atoms with Crippen molar-refractivity contribution in [3.8, 4) is 0 Å². The fourth-order valence-corrected chi connectivity index (χ4v) is 1.06. The van der Waals surface area contributed by atoms with E-state index >= 15 is 0 Å². The highest BCUT2D eigenvalue weighted by Gasteiger charge is 2.19. The first kappa shape index (κ1) is 10.5. The molecule has 0 fully saturated rings. The van der Waals surface area contributed by atoms with E-state index < -0.39 is 24.0 Å². The summed E-state index contributed by atoms with van der Waals surface area (Å²) in [5.41, 5.74) is 3.76. The smallest absolute Gasteiger partial charge is 0.280 e. The molecule has 0 aliphatic heterocycles. The van der Waals surface area contributed by atoms with Crippen LogP contribution in [0, 0.1) is 12.9 Å². The zero-order valence-electron chi connectivity index (χ0n) is 7.22. The molecular weight excluding hydrogens is 197 g/mol. The fourth-order valence-electron chi connectivity index (χ4n) is 1.06. The lowest BCUT2D eigenvalue weighted by atomic mass is 10.1. The molecule has 1 aromatic heterocycles. The number of carbonyl (C=O) groups is 1. The second-order valence-corrected chi connectivity index (χ2v) is 2.67. The van der Waals surface area contributed by atoms with Gasteiger partial charge in [-0.2, -0.15) is 4.39 Å². The maximum atomic E-state index is 12.7.